The largest absolute Gasteiger partial charge is 0.503 e. The average Bonchev–Trinajstić information content (AvgIpc) is 3.55. The number of hydrogen-bond acceptors (Lipinski definition) is 8. The summed E-state index contributed by atoms with van der Waals surface area (Å²) in [7, 11) is 0. The van der Waals surface area contributed by atoms with Gasteiger partial charge in [0.1, 0.15) is 11.5 Å². The van der Waals surface area contributed by atoms with Gasteiger partial charge in [-0.05, 0) is 50.6 Å². The number of amides is 1. The van der Waals surface area contributed by atoms with E-state index in [1.165, 1.54) is 16.2 Å². The molecule has 2 unspecified atom stereocenters. The molecule has 0 saturated carbocycles. The van der Waals surface area contributed by atoms with E-state index in [0.717, 1.165) is 4.70 Å². The molecule has 166 valence electrons. The molecule has 9 heteroatoms. The first-order chi connectivity index (χ1) is 15.5. The predicted octanol–water partition coefficient (Wildman–Crippen LogP) is 4.04. The second-order valence-corrected chi connectivity index (χ2v) is 8.81. The number of Topliss-reactive ketones (excluding diaryl/α,β-unsaturated/α-hetero) is 1. The number of anilines is 1. The van der Waals surface area contributed by atoms with Crippen LogP contribution in [0.1, 0.15) is 29.7 Å². The fraction of sp³-hybridized carbons (Fsp3) is 0.348. The zero-order chi connectivity index (χ0) is 22.4. The van der Waals surface area contributed by atoms with Gasteiger partial charge in [-0.2, -0.15) is 0 Å². The molecule has 0 radical (unpaired) electrons. The number of furan rings is 1. The summed E-state index contributed by atoms with van der Waals surface area (Å²) in [6, 6.07) is 8.08. The zero-order valence-corrected chi connectivity index (χ0v) is 18.5. The number of carbonyl (C=O) groups is 2. The molecule has 5 rings (SSSR count). The van der Waals surface area contributed by atoms with Crippen molar-refractivity contribution in [3.8, 4) is 5.75 Å². The lowest BCUT2D eigenvalue weighted by Crippen LogP contribution is -2.42. The Labute approximate surface area is 188 Å². The van der Waals surface area contributed by atoms with Crippen molar-refractivity contribution in [2.45, 2.75) is 26.3 Å². The van der Waals surface area contributed by atoms with Gasteiger partial charge in [-0.25, -0.2) is 4.98 Å². The molecule has 0 spiro atoms. The van der Waals surface area contributed by atoms with E-state index < -0.39 is 23.5 Å². The summed E-state index contributed by atoms with van der Waals surface area (Å²) in [6.45, 7) is 5.10. The second-order valence-electron chi connectivity index (χ2n) is 7.80. The Balaban J connectivity index is 1.58. The number of thiazole rings is 1. The summed E-state index contributed by atoms with van der Waals surface area (Å²) < 4.78 is 17.5. The van der Waals surface area contributed by atoms with Crippen LogP contribution in [0.25, 0.3) is 10.2 Å². The lowest BCUT2D eigenvalue weighted by molar-refractivity contribution is -0.117. The van der Waals surface area contributed by atoms with Gasteiger partial charge < -0.3 is 19.0 Å². The maximum Gasteiger partial charge on any atom is 0.296 e. The summed E-state index contributed by atoms with van der Waals surface area (Å²) >= 11 is 1.32. The molecule has 3 aromatic rings. The van der Waals surface area contributed by atoms with Crippen molar-refractivity contribution in [2.75, 3.05) is 24.7 Å². The molecule has 1 aromatic carbocycles. The minimum absolute atomic E-state index is 0.0362. The number of ether oxygens (including phenoxy) is 2. The van der Waals surface area contributed by atoms with Gasteiger partial charge in [0.05, 0.1) is 35.0 Å². The second kappa shape index (κ2) is 8.07. The Morgan fingerprint density at radius 3 is 2.88 bits per heavy atom. The molecular weight excluding hydrogens is 432 g/mol. The first kappa shape index (κ1) is 20.7. The fourth-order valence-corrected chi connectivity index (χ4v) is 5.29. The number of hydrogen-bond donors (Lipinski definition) is 1. The van der Waals surface area contributed by atoms with Gasteiger partial charge in [-0.3, -0.25) is 14.5 Å². The van der Waals surface area contributed by atoms with Crippen LogP contribution in [0.4, 0.5) is 5.13 Å². The molecule has 2 aliphatic heterocycles. The number of nitrogens with zero attached hydrogens (tertiary/aromatic N) is 2. The third-order valence-electron chi connectivity index (χ3n) is 5.74. The number of aliphatic hydroxyl groups is 1. The van der Waals surface area contributed by atoms with Crippen LogP contribution in [-0.2, 0) is 9.53 Å². The molecule has 1 N–H and O–H groups in total. The topological polar surface area (TPSA) is 102 Å². The van der Waals surface area contributed by atoms with Gasteiger partial charge in [0.15, 0.2) is 16.7 Å². The van der Waals surface area contributed by atoms with Crippen LogP contribution in [0.5, 0.6) is 5.75 Å². The molecule has 2 aromatic heterocycles. The standard InChI is InChI=1S/C23H22N2O6S/c1-3-30-14-5-6-15-17(10-14)32-23(24-15)25-19(13-8-9-29-11-13)18(21(27)22(25)28)20(26)16-7-4-12(2)31-16/h4-7,10,13,19,27H,3,8-9,11H2,1-2H3. The number of carbonyl (C=O) groups excluding carboxylic acids is 2. The van der Waals surface area contributed by atoms with E-state index in [1.54, 1.807) is 19.1 Å². The van der Waals surface area contributed by atoms with Gasteiger partial charge in [0.25, 0.3) is 5.91 Å². The fourth-order valence-electron chi connectivity index (χ4n) is 4.26. The lowest BCUT2D eigenvalue weighted by atomic mass is 9.90. The summed E-state index contributed by atoms with van der Waals surface area (Å²) in [5.74, 6) is -0.464. The molecule has 8 nitrogen and oxygen atoms in total. The van der Waals surface area contributed by atoms with Crippen molar-refractivity contribution >= 4 is 38.4 Å². The van der Waals surface area contributed by atoms with Gasteiger partial charge in [0.2, 0.25) is 5.78 Å². The van der Waals surface area contributed by atoms with Gasteiger partial charge in [-0.15, -0.1) is 0 Å². The highest BCUT2D eigenvalue weighted by Gasteiger charge is 2.49. The maximum absolute atomic E-state index is 13.3. The summed E-state index contributed by atoms with van der Waals surface area (Å²) in [5.41, 5.74) is 0.748. The van der Waals surface area contributed by atoms with E-state index in [4.69, 9.17) is 13.9 Å². The van der Waals surface area contributed by atoms with Crippen LogP contribution >= 0.6 is 11.3 Å². The first-order valence-corrected chi connectivity index (χ1v) is 11.3. The summed E-state index contributed by atoms with van der Waals surface area (Å²) in [6.07, 6.45) is 0.662. The van der Waals surface area contributed by atoms with Crippen molar-refractivity contribution < 1.29 is 28.6 Å². The molecular formula is C23H22N2O6S. The number of aliphatic hydroxyl groups excluding tert-OH is 1. The van der Waals surface area contributed by atoms with Crippen LogP contribution in [0.2, 0.25) is 0 Å². The quantitative estimate of drug-likeness (QED) is 0.561. The van der Waals surface area contributed by atoms with E-state index in [0.29, 0.717) is 48.4 Å². The van der Waals surface area contributed by atoms with Gasteiger partial charge in [-0.1, -0.05) is 11.3 Å². The molecule has 1 saturated heterocycles. The van der Waals surface area contributed by atoms with Crippen molar-refractivity contribution in [3.63, 3.8) is 0 Å². The molecule has 32 heavy (non-hydrogen) atoms. The minimum atomic E-state index is -0.685. The highest BCUT2D eigenvalue weighted by molar-refractivity contribution is 7.22. The van der Waals surface area contributed by atoms with Crippen molar-refractivity contribution in [3.05, 3.63) is 53.2 Å². The number of aryl methyl sites for hydroxylation is 1. The normalized spacial score (nSPS) is 21.2. The molecule has 4 heterocycles. The van der Waals surface area contributed by atoms with Crippen molar-refractivity contribution in [1.82, 2.24) is 4.98 Å². The van der Waals surface area contributed by atoms with Crippen LogP contribution in [-0.4, -0.2) is 47.6 Å². The molecule has 0 bridgehead atoms. The van der Waals surface area contributed by atoms with E-state index in [-0.39, 0.29) is 17.3 Å². The first-order valence-electron chi connectivity index (χ1n) is 10.5. The smallest absolute Gasteiger partial charge is 0.296 e. The molecule has 2 aliphatic rings. The third kappa shape index (κ3) is 3.37. The minimum Gasteiger partial charge on any atom is -0.503 e. The SMILES string of the molecule is CCOc1ccc2nc(N3C(=O)C(O)=C(C(=O)c4ccc(C)o4)C3C3CCOC3)sc2c1. The van der Waals surface area contributed by atoms with E-state index in [1.807, 2.05) is 25.1 Å². The van der Waals surface area contributed by atoms with E-state index in [2.05, 4.69) is 4.98 Å². The Morgan fingerprint density at radius 1 is 1.34 bits per heavy atom. The number of aromatic nitrogens is 1. The van der Waals surface area contributed by atoms with Crippen molar-refractivity contribution in [1.29, 1.82) is 0 Å². The Hall–Kier alpha value is -3.17. The third-order valence-corrected chi connectivity index (χ3v) is 6.75. The highest BCUT2D eigenvalue weighted by Crippen LogP contribution is 2.41. The van der Waals surface area contributed by atoms with Crippen molar-refractivity contribution in [2.24, 2.45) is 5.92 Å². The maximum atomic E-state index is 13.3. The number of benzene rings is 1. The molecule has 2 atom stereocenters. The molecule has 1 amide bonds. The average molecular weight is 455 g/mol. The number of ketones is 1. The molecule has 0 aliphatic carbocycles. The monoisotopic (exact) mass is 454 g/mol. The van der Waals surface area contributed by atoms with Gasteiger partial charge in [0, 0.05) is 12.5 Å². The highest BCUT2D eigenvalue weighted by atomic mass is 32.1. The number of fused-ring (bicyclic) bond motifs is 1. The molecule has 1 fully saturated rings. The Kier molecular flexibility index (Phi) is 5.22. The Bertz CT molecular complexity index is 1240. The summed E-state index contributed by atoms with van der Waals surface area (Å²) in [4.78, 5) is 32.6. The van der Waals surface area contributed by atoms with E-state index in [9.17, 15) is 14.7 Å². The summed E-state index contributed by atoms with van der Waals surface area (Å²) in [5, 5.41) is 11.2. The van der Waals surface area contributed by atoms with Crippen LogP contribution in [0.15, 0.2) is 46.1 Å². The lowest BCUT2D eigenvalue weighted by Gasteiger charge is -2.28. The number of rotatable bonds is 6. The predicted molar refractivity (Wildman–Crippen MR) is 118 cm³/mol. The van der Waals surface area contributed by atoms with Gasteiger partial charge >= 0.3 is 0 Å². The Morgan fingerprint density at radius 2 is 2.19 bits per heavy atom. The van der Waals surface area contributed by atoms with Crippen LogP contribution in [0.3, 0.4) is 0 Å². The van der Waals surface area contributed by atoms with Crippen LogP contribution < -0.4 is 9.64 Å². The van der Waals surface area contributed by atoms with Crippen LogP contribution in [0, 0.1) is 12.8 Å². The zero-order valence-electron chi connectivity index (χ0n) is 17.7. The van der Waals surface area contributed by atoms with E-state index >= 15 is 0 Å².